The molecule has 0 bridgehead atoms. The number of fused-ring (bicyclic) bond motifs is 1. The predicted octanol–water partition coefficient (Wildman–Crippen LogP) is 3.84. The van der Waals surface area contributed by atoms with Gasteiger partial charge in [0.25, 0.3) is 0 Å². The molecule has 0 amide bonds. The average Bonchev–Trinajstić information content (AvgIpc) is 2.68. The number of nitrogens with one attached hydrogen (secondary N) is 1. The van der Waals surface area contributed by atoms with Crippen molar-refractivity contribution >= 4 is 11.0 Å². The number of hydrogen-bond acceptors (Lipinski definition) is 2. The van der Waals surface area contributed by atoms with Gasteiger partial charge in [-0.15, -0.1) is 0 Å². The van der Waals surface area contributed by atoms with E-state index in [4.69, 9.17) is 4.42 Å². The zero-order chi connectivity index (χ0) is 13.1. The van der Waals surface area contributed by atoms with E-state index < -0.39 is 0 Å². The van der Waals surface area contributed by atoms with E-state index in [0.29, 0.717) is 5.92 Å². The lowest BCUT2D eigenvalue weighted by molar-refractivity contribution is 0.552. The van der Waals surface area contributed by atoms with E-state index in [1.807, 2.05) is 6.26 Å². The van der Waals surface area contributed by atoms with E-state index in [0.717, 1.165) is 25.1 Å². The second-order valence-corrected chi connectivity index (χ2v) is 5.54. The van der Waals surface area contributed by atoms with Gasteiger partial charge >= 0.3 is 0 Å². The average molecular weight is 245 g/mol. The molecule has 2 aromatic rings. The molecular formula is C16H23NO. The van der Waals surface area contributed by atoms with Gasteiger partial charge in [-0.2, -0.15) is 0 Å². The zero-order valence-corrected chi connectivity index (χ0v) is 11.8. The van der Waals surface area contributed by atoms with Gasteiger partial charge in [0.2, 0.25) is 0 Å². The summed E-state index contributed by atoms with van der Waals surface area (Å²) in [6, 6.07) is 4.38. The fourth-order valence-corrected chi connectivity index (χ4v) is 2.14. The Labute approximate surface area is 109 Å². The third kappa shape index (κ3) is 2.94. The van der Waals surface area contributed by atoms with Gasteiger partial charge in [-0.3, -0.25) is 0 Å². The topological polar surface area (TPSA) is 25.2 Å². The highest BCUT2D eigenvalue weighted by Crippen LogP contribution is 2.24. The highest BCUT2D eigenvalue weighted by atomic mass is 16.3. The van der Waals surface area contributed by atoms with Crippen LogP contribution in [0.2, 0.25) is 0 Å². The number of aryl methyl sites for hydroxylation is 2. The molecule has 98 valence electrons. The SMILES string of the molecule is Cc1cc2occ(CCNCC(C)C)c2cc1C. The van der Waals surface area contributed by atoms with Gasteiger partial charge < -0.3 is 9.73 Å². The van der Waals surface area contributed by atoms with Gasteiger partial charge in [0.15, 0.2) is 0 Å². The Morgan fingerprint density at radius 2 is 1.89 bits per heavy atom. The van der Waals surface area contributed by atoms with Crippen LogP contribution in [0.15, 0.2) is 22.8 Å². The van der Waals surface area contributed by atoms with E-state index >= 15 is 0 Å². The fraction of sp³-hybridized carbons (Fsp3) is 0.500. The molecule has 2 rings (SSSR count). The highest BCUT2D eigenvalue weighted by molar-refractivity contribution is 5.82. The predicted molar refractivity (Wildman–Crippen MR) is 77.1 cm³/mol. The van der Waals surface area contributed by atoms with Crippen LogP contribution in [0.1, 0.15) is 30.5 Å². The molecule has 1 heterocycles. The van der Waals surface area contributed by atoms with Gasteiger partial charge in [-0.05, 0) is 68.1 Å². The number of rotatable bonds is 5. The van der Waals surface area contributed by atoms with Crippen molar-refractivity contribution in [2.75, 3.05) is 13.1 Å². The Bertz CT molecular complexity index is 525. The maximum atomic E-state index is 5.64. The number of hydrogen-bond donors (Lipinski definition) is 1. The Morgan fingerprint density at radius 3 is 2.61 bits per heavy atom. The zero-order valence-electron chi connectivity index (χ0n) is 11.8. The van der Waals surface area contributed by atoms with Crippen LogP contribution in [-0.2, 0) is 6.42 Å². The first kappa shape index (κ1) is 13.2. The van der Waals surface area contributed by atoms with Crippen LogP contribution in [0, 0.1) is 19.8 Å². The van der Waals surface area contributed by atoms with Crippen molar-refractivity contribution in [3.8, 4) is 0 Å². The molecule has 0 saturated carbocycles. The van der Waals surface area contributed by atoms with E-state index in [-0.39, 0.29) is 0 Å². The van der Waals surface area contributed by atoms with Crippen LogP contribution in [0.4, 0.5) is 0 Å². The van der Waals surface area contributed by atoms with Crippen molar-refractivity contribution in [3.05, 3.63) is 35.1 Å². The van der Waals surface area contributed by atoms with Crippen molar-refractivity contribution < 1.29 is 4.42 Å². The summed E-state index contributed by atoms with van der Waals surface area (Å²) in [5, 5.41) is 4.74. The van der Waals surface area contributed by atoms with Crippen molar-refractivity contribution in [1.29, 1.82) is 0 Å². The van der Waals surface area contributed by atoms with E-state index in [9.17, 15) is 0 Å². The second-order valence-electron chi connectivity index (χ2n) is 5.54. The summed E-state index contributed by atoms with van der Waals surface area (Å²) in [6.45, 7) is 10.8. The van der Waals surface area contributed by atoms with Crippen LogP contribution in [0.25, 0.3) is 11.0 Å². The molecule has 1 aromatic heterocycles. The highest BCUT2D eigenvalue weighted by Gasteiger charge is 2.07. The molecule has 0 radical (unpaired) electrons. The molecule has 0 aliphatic rings. The Morgan fingerprint density at radius 1 is 1.17 bits per heavy atom. The summed E-state index contributed by atoms with van der Waals surface area (Å²) < 4.78 is 5.64. The lowest BCUT2D eigenvalue weighted by Crippen LogP contribution is -2.21. The molecule has 0 atom stereocenters. The monoisotopic (exact) mass is 245 g/mol. The standard InChI is InChI=1S/C16H23NO/c1-11(2)9-17-6-5-14-10-18-16-8-13(4)12(3)7-15(14)16/h7-8,10-11,17H,5-6,9H2,1-4H3. The van der Waals surface area contributed by atoms with Gasteiger partial charge in [-0.25, -0.2) is 0 Å². The summed E-state index contributed by atoms with van der Waals surface area (Å²) in [7, 11) is 0. The molecular weight excluding hydrogens is 222 g/mol. The van der Waals surface area contributed by atoms with E-state index in [2.05, 4.69) is 45.1 Å². The second kappa shape index (κ2) is 5.57. The van der Waals surface area contributed by atoms with Crippen LogP contribution in [-0.4, -0.2) is 13.1 Å². The Kier molecular flexibility index (Phi) is 4.07. The maximum absolute atomic E-state index is 5.64. The van der Waals surface area contributed by atoms with Crippen LogP contribution in [0.3, 0.4) is 0 Å². The van der Waals surface area contributed by atoms with Crippen molar-refractivity contribution in [3.63, 3.8) is 0 Å². The number of benzene rings is 1. The molecule has 0 spiro atoms. The molecule has 0 fully saturated rings. The third-order valence-electron chi connectivity index (χ3n) is 3.39. The maximum Gasteiger partial charge on any atom is 0.134 e. The van der Waals surface area contributed by atoms with Gasteiger partial charge in [0.05, 0.1) is 6.26 Å². The summed E-state index contributed by atoms with van der Waals surface area (Å²) in [5.74, 6) is 0.705. The van der Waals surface area contributed by atoms with Crippen LogP contribution in [0.5, 0.6) is 0 Å². The molecule has 2 nitrogen and oxygen atoms in total. The fourth-order valence-electron chi connectivity index (χ4n) is 2.14. The number of furan rings is 1. The minimum absolute atomic E-state index is 0.705. The van der Waals surface area contributed by atoms with Crippen molar-refractivity contribution in [2.24, 2.45) is 5.92 Å². The van der Waals surface area contributed by atoms with Crippen LogP contribution >= 0.6 is 0 Å². The minimum atomic E-state index is 0.705. The van der Waals surface area contributed by atoms with E-state index in [1.165, 1.54) is 22.1 Å². The largest absolute Gasteiger partial charge is 0.464 e. The molecule has 0 aliphatic heterocycles. The quantitative estimate of drug-likeness (QED) is 0.810. The third-order valence-corrected chi connectivity index (χ3v) is 3.39. The van der Waals surface area contributed by atoms with Crippen LogP contribution < -0.4 is 5.32 Å². The molecule has 1 aromatic carbocycles. The van der Waals surface area contributed by atoms with Gasteiger partial charge in [0.1, 0.15) is 5.58 Å². The normalized spacial score (nSPS) is 11.6. The van der Waals surface area contributed by atoms with Gasteiger partial charge in [0, 0.05) is 5.39 Å². The summed E-state index contributed by atoms with van der Waals surface area (Å²) in [6.07, 6.45) is 2.93. The minimum Gasteiger partial charge on any atom is -0.464 e. The lowest BCUT2D eigenvalue weighted by atomic mass is 10.0. The summed E-state index contributed by atoms with van der Waals surface area (Å²) in [4.78, 5) is 0. The molecule has 0 aliphatic carbocycles. The lowest BCUT2D eigenvalue weighted by Gasteiger charge is -2.06. The first-order valence-electron chi connectivity index (χ1n) is 6.76. The summed E-state index contributed by atoms with van der Waals surface area (Å²) in [5.41, 5.74) is 4.95. The van der Waals surface area contributed by atoms with E-state index in [1.54, 1.807) is 0 Å². The van der Waals surface area contributed by atoms with Crippen molar-refractivity contribution in [2.45, 2.75) is 34.1 Å². The first-order valence-corrected chi connectivity index (χ1v) is 6.76. The molecule has 2 heteroatoms. The smallest absolute Gasteiger partial charge is 0.134 e. The van der Waals surface area contributed by atoms with Crippen molar-refractivity contribution in [1.82, 2.24) is 5.32 Å². The molecule has 0 unspecified atom stereocenters. The Balaban J connectivity index is 2.07. The Hall–Kier alpha value is -1.28. The van der Waals surface area contributed by atoms with Gasteiger partial charge in [-0.1, -0.05) is 13.8 Å². The molecule has 0 saturated heterocycles. The summed E-state index contributed by atoms with van der Waals surface area (Å²) >= 11 is 0. The molecule has 1 N–H and O–H groups in total. The first-order chi connectivity index (χ1) is 8.58. The molecule has 18 heavy (non-hydrogen) atoms.